The van der Waals surface area contributed by atoms with Gasteiger partial charge in [0.25, 0.3) is 0 Å². The zero-order valence-electron chi connectivity index (χ0n) is 35.6. The molecule has 1 spiro atoms. The van der Waals surface area contributed by atoms with Crippen LogP contribution in [0.25, 0.3) is 28.0 Å². The fourth-order valence-electron chi connectivity index (χ4n) is 12.6. The molecular formula is C56H46F3NO3. The molecule has 0 amide bonds. The van der Waals surface area contributed by atoms with Crippen LogP contribution in [-0.4, -0.2) is 14.2 Å². The summed E-state index contributed by atoms with van der Waals surface area (Å²) in [6.45, 7) is 4.59. The van der Waals surface area contributed by atoms with Crippen LogP contribution in [0.15, 0.2) is 140 Å². The maximum Gasteiger partial charge on any atom is 0.416 e. The second kappa shape index (κ2) is 13.3. The summed E-state index contributed by atoms with van der Waals surface area (Å²) >= 11 is 0. The first-order valence-electron chi connectivity index (χ1n) is 22.0. The highest BCUT2D eigenvalue weighted by Gasteiger charge is 2.59. The minimum Gasteiger partial charge on any atom is -0.493 e. The van der Waals surface area contributed by atoms with Crippen LogP contribution in [0.3, 0.4) is 0 Å². The average molecular weight is 838 g/mol. The van der Waals surface area contributed by atoms with Gasteiger partial charge in [0, 0.05) is 38.6 Å². The summed E-state index contributed by atoms with van der Waals surface area (Å²) in [5.41, 5.74) is 9.96. The van der Waals surface area contributed by atoms with Crippen molar-refractivity contribution in [3.05, 3.63) is 184 Å². The smallest absolute Gasteiger partial charge is 0.416 e. The zero-order valence-corrected chi connectivity index (χ0v) is 35.6. The molecule has 4 atom stereocenters. The minimum atomic E-state index is -4.47. The van der Waals surface area contributed by atoms with Gasteiger partial charge in [-0.1, -0.05) is 111 Å². The van der Waals surface area contributed by atoms with E-state index in [1.54, 1.807) is 20.3 Å². The van der Waals surface area contributed by atoms with Crippen molar-refractivity contribution in [1.82, 2.24) is 0 Å². The molecule has 2 heterocycles. The summed E-state index contributed by atoms with van der Waals surface area (Å²) in [5.74, 6) is 2.44. The molecule has 0 aromatic heterocycles. The van der Waals surface area contributed by atoms with E-state index in [1.807, 2.05) is 30.3 Å². The summed E-state index contributed by atoms with van der Waals surface area (Å²) < 4.78 is 63.4. The fourth-order valence-corrected chi connectivity index (χ4v) is 12.6. The minimum absolute atomic E-state index is 0.177. The standard InChI is InChI=1S/C56H46F3NO3/c1-53(2)43-14-8-10-16-46(43)60(47-17-11-9-15-44(47)53)38-23-20-35(21-24-38)55(34-12-6-5-7-13-34)27-26-40-51-50(41-30-48(61-3)49(62-4)31-42(41)52(40)63-55)39-25-22-37(56(57,58)59)29-45(39)54(51)32-33-18-19-36(54)28-33/h5-17,20-27,29-31,33,36H,18-19,28,32H2,1-4H3. The number of hydrogen-bond acceptors (Lipinski definition) is 4. The summed E-state index contributed by atoms with van der Waals surface area (Å²) in [4.78, 5) is 2.36. The molecule has 7 aromatic carbocycles. The maximum atomic E-state index is 14.6. The lowest BCUT2D eigenvalue weighted by Crippen LogP contribution is -2.36. The molecule has 7 heteroatoms. The molecule has 314 valence electrons. The Bertz CT molecular complexity index is 3010. The normalized spacial score (nSPS) is 23.2. The molecule has 2 bridgehead atoms. The van der Waals surface area contributed by atoms with E-state index in [9.17, 15) is 13.2 Å². The molecular weight excluding hydrogens is 792 g/mol. The molecule has 2 fully saturated rings. The predicted octanol–water partition coefficient (Wildman–Crippen LogP) is 14.4. The number of fused-ring (bicyclic) bond motifs is 15. The predicted molar refractivity (Wildman–Crippen MR) is 244 cm³/mol. The van der Waals surface area contributed by atoms with Crippen molar-refractivity contribution < 1.29 is 27.4 Å². The van der Waals surface area contributed by atoms with Crippen molar-refractivity contribution in [2.24, 2.45) is 11.8 Å². The molecule has 4 unspecified atom stereocenters. The molecule has 0 saturated heterocycles. The van der Waals surface area contributed by atoms with E-state index in [2.05, 4.69) is 116 Å². The van der Waals surface area contributed by atoms with Gasteiger partial charge in [-0.25, -0.2) is 0 Å². The highest BCUT2D eigenvalue weighted by Crippen LogP contribution is 2.69. The SMILES string of the molecule is COc1cc2c3c(c4c(c2cc1OC)-c1ccc(C(F)(F)F)cc1C41CC2CCC1C2)C=CC(c1ccccc1)(c1ccc(N2c4ccccc4C(C)(C)c4ccccc42)cc1)O3. The lowest BCUT2D eigenvalue weighted by atomic mass is 9.65. The van der Waals surface area contributed by atoms with Gasteiger partial charge in [0.05, 0.1) is 31.2 Å². The second-order valence-corrected chi connectivity index (χ2v) is 18.6. The lowest BCUT2D eigenvalue weighted by Gasteiger charge is -2.42. The Balaban J connectivity index is 1.09. The number of para-hydroxylation sites is 2. The van der Waals surface area contributed by atoms with E-state index in [-0.39, 0.29) is 11.3 Å². The van der Waals surface area contributed by atoms with E-state index in [0.29, 0.717) is 23.2 Å². The second-order valence-electron chi connectivity index (χ2n) is 18.6. The number of halogens is 3. The topological polar surface area (TPSA) is 30.9 Å². The number of alkyl halides is 3. The van der Waals surface area contributed by atoms with Crippen molar-refractivity contribution >= 4 is 33.9 Å². The zero-order chi connectivity index (χ0) is 43.0. The van der Waals surface area contributed by atoms with Gasteiger partial charge < -0.3 is 19.1 Å². The molecule has 4 nitrogen and oxygen atoms in total. The van der Waals surface area contributed by atoms with E-state index in [1.165, 1.54) is 23.3 Å². The monoisotopic (exact) mass is 837 g/mol. The van der Waals surface area contributed by atoms with E-state index in [0.717, 1.165) is 92.5 Å². The Kier molecular flexibility index (Phi) is 8.05. The maximum absolute atomic E-state index is 14.6. The van der Waals surface area contributed by atoms with E-state index < -0.39 is 22.8 Å². The van der Waals surface area contributed by atoms with Crippen LogP contribution in [0.2, 0.25) is 0 Å². The van der Waals surface area contributed by atoms with Gasteiger partial charge in [-0.3, -0.25) is 0 Å². The van der Waals surface area contributed by atoms with Crippen LogP contribution < -0.4 is 19.1 Å². The lowest BCUT2D eigenvalue weighted by molar-refractivity contribution is -0.137. The van der Waals surface area contributed by atoms with Crippen LogP contribution >= 0.6 is 0 Å². The summed E-state index contributed by atoms with van der Waals surface area (Å²) in [5, 5.41) is 1.69. The van der Waals surface area contributed by atoms with Crippen LogP contribution in [0.5, 0.6) is 17.2 Å². The van der Waals surface area contributed by atoms with Crippen LogP contribution in [0, 0.1) is 11.8 Å². The Hall–Kier alpha value is -6.47. The summed E-state index contributed by atoms with van der Waals surface area (Å²) in [6.07, 6.45) is 3.80. The van der Waals surface area contributed by atoms with Gasteiger partial charge in [0.15, 0.2) is 17.1 Å². The number of ether oxygens (including phenoxy) is 3. The van der Waals surface area contributed by atoms with E-state index >= 15 is 0 Å². The molecule has 0 radical (unpaired) electrons. The van der Waals surface area contributed by atoms with Gasteiger partial charge >= 0.3 is 6.18 Å². The van der Waals surface area contributed by atoms with Crippen molar-refractivity contribution in [2.75, 3.05) is 19.1 Å². The van der Waals surface area contributed by atoms with Crippen LogP contribution in [0.1, 0.15) is 84.0 Å². The first-order chi connectivity index (χ1) is 30.5. The van der Waals surface area contributed by atoms with Gasteiger partial charge in [-0.15, -0.1) is 0 Å². The number of methoxy groups -OCH3 is 2. The summed E-state index contributed by atoms with van der Waals surface area (Å²) in [6, 6.07) is 44.7. The number of nitrogens with zero attached hydrogens (tertiary/aromatic N) is 1. The Morgan fingerprint density at radius 3 is 1.94 bits per heavy atom. The molecule has 5 aliphatic rings. The summed E-state index contributed by atoms with van der Waals surface area (Å²) in [7, 11) is 3.24. The Labute approximate surface area is 365 Å². The Morgan fingerprint density at radius 1 is 0.683 bits per heavy atom. The third kappa shape index (κ3) is 5.16. The van der Waals surface area contributed by atoms with Crippen molar-refractivity contribution in [3.63, 3.8) is 0 Å². The molecule has 2 aliphatic heterocycles. The van der Waals surface area contributed by atoms with Crippen LogP contribution in [0.4, 0.5) is 30.2 Å². The van der Waals surface area contributed by atoms with Gasteiger partial charge in [0.2, 0.25) is 0 Å². The average Bonchev–Trinajstić information content (AvgIpc) is 4.01. The first-order valence-corrected chi connectivity index (χ1v) is 22.0. The van der Waals surface area contributed by atoms with Crippen molar-refractivity contribution in [3.8, 4) is 28.4 Å². The quantitative estimate of drug-likeness (QED) is 0.173. The van der Waals surface area contributed by atoms with E-state index in [4.69, 9.17) is 14.2 Å². The third-order valence-electron chi connectivity index (χ3n) is 15.3. The largest absolute Gasteiger partial charge is 0.493 e. The number of rotatable bonds is 5. The highest BCUT2D eigenvalue weighted by atomic mass is 19.4. The molecule has 3 aliphatic carbocycles. The number of hydrogen-bond donors (Lipinski definition) is 0. The molecule has 7 aromatic rings. The molecule has 0 N–H and O–H groups in total. The number of anilines is 3. The fraction of sp³-hybridized carbons (Fsp3) is 0.250. The molecule has 12 rings (SSSR count). The molecule has 63 heavy (non-hydrogen) atoms. The van der Waals surface area contributed by atoms with Gasteiger partial charge in [-0.05, 0) is 124 Å². The first kappa shape index (κ1) is 38.2. The number of benzene rings is 7. The highest BCUT2D eigenvalue weighted by molar-refractivity contribution is 6.10. The Morgan fingerprint density at radius 2 is 1.32 bits per heavy atom. The van der Waals surface area contributed by atoms with Crippen LogP contribution in [-0.2, 0) is 22.6 Å². The van der Waals surface area contributed by atoms with Gasteiger partial charge in [-0.2, -0.15) is 13.2 Å². The molecule has 2 saturated carbocycles. The van der Waals surface area contributed by atoms with Crippen molar-refractivity contribution in [1.29, 1.82) is 0 Å². The van der Waals surface area contributed by atoms with Gasteiger partial charge in [0.1, 0.15) is 5.75 Å². The van der Waals surface area contributed by atoms with Crippen molar-refractivity contribution in [2.45, 2.75) is 62.1 Å². The third-order valence-corrected chi connectivity index (χ3v) is 15.3.